The zero-order chi connectivity index (χ0) is 4.50. The van der Waals surface area contributed by atoms with Crippen molar-refractivity contribution >= 4 is 10.4 Å². The third-order valence-corrected chi connectivity index (χ3v) is 0. The SMILES string of the molecule is O=S(=O)(O)O.[Fe+2]. The Hall–Kier alpha value is 0.389. The van der Waals surface area contributed by atoms with Gasteiger partial charge in [0.05, 0.1) is 0 Å². The van der Waals surface area contributed by atoms with E-state index in [0.717, 1.165) is 0 Å². The van der Waals surface area contributed by atoms with E-state index in [0.29, 0.717) is 0 Å². The second kappa shape index (κ2) is 2.54. The van der Waals surface area contributed by atoms with E-state index in [1.54, 1.807) is 0 Å². The van der Waals surface area contributed by atoms with Crippen molar-refractivity contribution in [1.29, 1.82) is 0 Å². The van der Waals surface area contributed by atoms with E-state index < -0.39 is 10.4 Å². The fourth-order valence-electron chi connectivity index (χ4n) is 0. The van der Waals surface area contributed by atoms with Crippen molar-refractivity contribution in [2.45, 2.75) is 0 Å². The van der Waals surface area contributed by atoms with E-state index in [4.69, 9.17) is 17.5 Å². The largest absolute Gasteiger partial charge is 2.00 e. The molecular weight excluding hydrogens is 152 g/mol. The van der Waals surface area contributed by atoms with Crippen molar-refractivity contribution in [2.24, 2.45) is 0 Å². The molecule has 0 rings (SSSR count). The van der Waals surface area contributed by atoms with Gasteiger partial charge >= 0.3 is 27.5 Å². The van der Waals surface area contributed by atoms with E-state index in [1.807, 2.05) is 0 Å². The van der Waals surface area contributed by atoms with Crippen LogP contribution in [0.2, 0.25) is 0 Å². The first-order chi connectivity index (χ1) is 2.00. The third kappa shape index (κ3) is 332. The molecule has 0 saturated heterocycles. The molecule has 0 heterocycles. The maximum absolute atomic E-state index is 8.74. The average molecular weight is 154 g/mol. The predicted molar refractivity (Wildman–Crippen MR) is 14.2 cm³/mol. The smallest absolute Gasteiger partial charge is 0.264 e. The summed E-state index contributed by atoms with van der Waals surface area (Å²) in [6, 6.07) is 0. The van der Waals surface area contributed by atoms with Gasteiger partial charge < -0.3 is 0 Å². The number of rotatable bonds is 0. The van der Waals surface area contributed by atoms with Crippen LogP contribution < -0.4 is 0 Å². The molecule has 0 aromatic heterocycles. The maximum atomic E-state index is 8.74. The van der Waals surface area contributed by atoms with Crippen molar-refractivity contribution in [3.8, 4) is 0 Å². The van der Waals surface area contributed by atoms with Gasteiger partial charge in [-0.3, -0.25) is 9.11 Å². The molecule has 0 radical (unpaired) electrons. The molecule has 4 nitrogen and oxygen atoms in total. The number of hydrogen-bond acceptors (Lipinski definition) is 2. The topological polar surface area (TPSA) is 74.6 Å². The van der Waals surface area contributed by atoms with E-state index in [-0.39, 0.29) is 17.1 Å². The minimum atomic E-state index is -4.67. The quantitative estimate of drug-likeness (QED) is 0.359. The molecule has 38 valence electrons. The summed E-state index contributed by atoms with van der Waals surface area (Å²) in [6.45, 7) is 0. The summed E-state index contributed by atoms with van der Waals surface area (Å²) < 4.78 is 31.6. The molecule has 0 aromatic rings. The standard InChI is InChI=1S/Fe.H2O4S/c;1-5(2,3)4/h;(H2,1,2,3,4)/q+2;. The van der Waals surface area contributed by atoms with Crippen molar-refractivity contribution in [3.05, 3.63) is 0 Å². The summed E-state index contributed by atoms with van der Waals surface area (Å²) in [5, 5.41) is 0. The molecule has 2 N–H and O–H groups in total. The molecule has 0 saturated carbocycles. The monoisotopic (exact) mass is 154 g/mol. The van der Waals surface area contributed by atoms with E-state index in [2.05, 4.69) is 0 Å². The Morgan fingerprint density at radius 3 is 1.17 bits per heavy atom. The summed E-state index contributed by atoms with van der Waals surface area (Å²) >= 11 is 0. The molecule has 0 aliphatic carbocycles. The molecule has 0 aliphatic heterocycles. The van der Waals surface area contributed by atoms with Crippen LogP contribution >= 0.6 is 0 Å². The van der Waals surface area contributed by atoms with Crippen LogP contribution in [0.3, 0.4) is 0 Å². The maximum Gasteiger partial charge on any atom is 2.00 e. The van der Waals surface area contributed by atoms with Gasteiger partial charge in [0.25, 0.3) is 0 Å². The van der Waals surface area contributed by atoms with Gasteiger partial charge in [-0.05, 0) is 0 Å². The zero-order valence-electron chi connectivity index (χ0n) is 2.47. The third-order valence-electron chi connectivity index (χ3n) is 0. The van der Waals surface area contributed by atoms with Crippen molar-refractivity contribution in [2.75, 3.05) is 0 Å². The second-order valence-corrected chi connectivity index (χ2v) is 1.34. The molecule has 0 bridgehead atoms. The van der Waals surface area contributed by atoms with Gasteiger partial charge in [-0.2, -0.15) is 8.42 Å². The van der Waals surface area contributed by atoms with E-state index >= 15 is 0 Å². The first kappa shape index (κ1) is 9.63. The Morgan fingerprint density at radius 2 is 1.17 bits per heavy atom. The van der Waals surface area contributed by atoms with Gasteiger partial charge in [-0.1, -0.05) is 0 Å². The minimum absolute atomic E-state index is 0. The molecule has 0 atom stereocenters. The summed E-state index contributed by atoms with van der Waals surface area (Å²) in [5.41, 5.74) is 0. The fraction of sp³-hybridized carbons (Fsp3) is 0. The Kier molecular flexibility index (Phi) is 4.08. The summed E-state index contributed by atoms with van der Waals surface area (Å²) in [4.78, 5) is 0. The molecule has 0 aliphatic rings. The molecule has 6 heteroatoms. The van der Waals surface area contributed by atoms with Gasteiger partial charge in [0, 0.05) is 0 Å². The van der Waals surface area contributed by atoms with Crippen molar-refractivity contribution < 1.29 is 34.6 Å². The van der Waals surface area contributed by atoms with Crippen LogP contribution in [0.5, 0.6) is 0 Å². The van der Waals surface area contributed by atoms with Crippen molar-refractivity contribution in [3.63, 3.8) is 0 Å². The predicted octanol–water partition coefficient (Wildman–Crippen LogP) is -0.655. The molecular formula is H2FeO4S+2. The van der Waals surface area contributed by atoms with Crippen LogP contribution in [0.1, 0.15) is 0 Å². The molecule has 0 spiro atoms. The Labute approximate surface area is 45.6 Å². The van der Waals surface area contributed by atoms with Gasteiger partial charge in [-0.15, -0.1) is 0 Å². The van der Waals surface area contributed by atoms with Crippen LogP contribution in [-0.4, -0.2) is 17.5 Å². The van der Waals surface area contributed by atoms with Crippen LogP contribution in [0.25, 0.3) is 0 Å². The van der Waals surface area contributed by atoms with Gasteiger partial charge in [0.2, 0.25) is 0 Å². The molecule has 6 heavy (non-hydrogen) atoms. The summed E-state index contributed by atoms with van der Waals surface area (Å²) in [5.74, 6) is 0. The van der Waals surface area contributed by atoms with Crippen LogP contribution in [0, 0.1) is 0 Å². The summed E-state index contributed by atoms with van der Waals surface area (Å²) in [6.07, 6.45) is 0. The fourth-order valence-corrected chi connectivity index (χ4v) is 0. The minimum Gasteiger partial charge on any atom is -0.264 e. The summed E-state index contributed by atoms with van der Waals surface area (Å²) in [7, 11) is -4.67. The molecule has 0 aromatic carbocycles. The first-order valence-electron chi connectivity index (χ1n) is 0.698. The molecule has 0 amide bonds. The molecule has 0 fully saturated rings. The van der Waals surface area contributed by atoms with Crippen LogP contribution in [-0.2, 0) is 27.5 Å². The second-order valence-electron chi connectivity index (χ2n) is 0.448. The Morgan fingerprint density at radius 1 is 1.17 bits per heavy atom. The average Bonchev–Trinajstić information content (AvgIpc) is 0.722. The van der Waals surface area contributed by atoms with Crippen LogP contribution in [0.4, 0.5) is 0 Å². The Bertz CT molecular complexity index is 90.7. The normalized spacial score (nSPS) is 9.67. The Balaban J connectivity index is 0. The number of hydrogen-bond donors (Lipinski definition) is 2. The van der Waals surface area contributed by atoms with Crippen molar-refractivity contribution in [1.82, 2.24) is 0 Å². The van der Waals surface area contributed by atoms with E-state index in [9.17, 15) is 0 Å². The van der Waals surface area contributed by atoms with Gasteiger partial charge in [0.15, 0.2) is 0 Å². The first-order valence-corrected chi connectivity index (χ1v) is 2.10. The van der Waals surface area contributed by atoms with Gasteiger partial charge in [0.1, 0.15) is 0 Å². The van der Waals surface area contributed by atoms with Crippen LogP contribution in [0.15, 0.2) is 0 Å². The molecule has 0 unspecified atom stereocenters. The zero-order valence-corrected chi connectivity index (χ0v) is 4.39. The van der Waals surface area contributed by atoms with E-state index in [1.165, 1.54) is 0 Å². The van der Waals surface area contributed by atoms with Gasteiger partial charge in [-0.25, -0.2) is 0 Å².